The van der Waals surface area contributed by atoms with Crippen LogP contribution in [-0.4, -0.2) is 27.3 Å². The number of rotatable bonds is 1. The van der Waals surface area contributed by atoms with Crippen molar-refractivity contribution < 1.29 is 4.74 Å². The van der Waals surface area contributed by atoms with Crippen LogP contribution in [0, 0.1) is 0 Å². The first kappa shape index (κ1) is 7.30. The highest BCUT2D eigenvalue weighted by Crippen LogP contribution is 2.20. The Hall–Kier alpha value is -1.36. The van der Waals surface area contributed by atoms with Gasteiger partial charge in [0.2, 0.25) is 11.2 Å². The van der Waals surface area contributed by atoms with Crippen molar-refractivity contribution in [1.82, 2.24) is 20.2 Å². The lowest BCUT2D eigenvalue weighted by atomic mass is 10.5. The van der Waals surface area contributed by atoms with E-state index in [4.69, 9.17) is 16.3 Å². The van der Waals surface area contributed by atoms with Gasteiger partial charge in [0, 0.05) is 0 Å². The van der Waals surface area contributed by atoms with Gasteiger partial charge in [-0.2, -0.15) is 10.1 Å². The SMILES string of the molecule is COc1nc(Cl)nc2cn[nH]c12. The Morgan fingerprint density at radius 3 is 3.08 bits per heavy atom. The summed E-state index contributed by atoms with van der Waals surface area (Å²) in [6.07, 6.45) is 1.56. The molecule has 0 bridgehead atoms. The molecule has 0 aliphatic heterocycles. The van der Waals surface area contributed by atoms with E-state index in [-0.39, 0.29) is 5.28 Å². The van der Waals surface area contributed by atoms with Gasteiger partial charge in [0.15, 0.2) is 0 Å². The van der Waals surface area contributed by atoms with Crippen LogP contribution in [0.5, 0.6) is 5.88 Å². The summed E-state index contributed by atoms with van der Waals surface area (Å²) in [5, 5.41) is 6.65. The summed E-state index contributed by atoms with van der Waals surface area (Å²) < 4.78 is 4.96. The van der Waals surface area contributed by atoms with Crippen LogP contribution in [-0.2, 0) is 0 Å². The van der Waals surface area contributed by atoms with Crippen LogP contribution in [0.4, 0.5) is 0 Å². The molecule has 2 aromatic heterocycles. The molecule has 0 atom stereocenters. The number of halogens is 1. The van der Waals surface area contributed by atoms with E-state index in [9.17, 15) is 0 Å². The number of aromatic amines is 1. The van der Waals surface area contributed by atoms with Crippen molar-refractivity contribution in [2.75, 3.05) is 7.11 Å². The van der Waals surface area contributed by atoms with Gasteiger partial charge in [0.05, 0.1) is 13.3 Å². The molecule has 0 aliphatic carbocycles. The van der Waals surface area contributed by atoms with Gasteiger partial charge in [-0.15, -0.1) is 0 Å². The van der Waals surface area contributed by atoms with E-state index in [2.05, 4.69) is 20.2 Å². The van der Waals surface area contributed by atoms with Gasteiger partial charge in [0.25, 0.3) is 0 Å². The predicted octanol–water partition coefficient (Wildman–Crippen LogP) is 1.01. The summed E-state index contributed by atoms with van der Waals surface area (Å²) in [5.41, 5.74) is 1.30. The normalized spacial score (nSPS) is 10.5. The van der Waals surface area contributed by atoms with Crippen molar-refractivity contribution in [3.05, 3.63) is 11.5 Å². The molecule has 1 N–H and O–H groups in total. The Kier molecular flexibility index (Phi) is 1.58. The molecule has 0 spiro atoms. The Morgan fingerprint density at radius 1 is 1.50 bits per heavy atom. The summed E-state index contributed by atoms with van der Waals surface area (Å²) in [6, 6.07) is 0. The molecule has 2 aromatic rings. The molecular weight excluding hydrogens is 180 g/mol. The highest BCUT2D eigenvalue weighted by atomic mass is 35.5. The third-order valence-electron chi connectivity index (χ3n) is 1.43. The largest absolute Gasteiger partial charge is 0.479 e. The zero-order valence-electron chi connectivity index (χ0n) is 6.21. The van der Waals surface area contributed by atoms with Crippen molar-refractivity contribution >= 4 is 22.6 Å². The summed E-state index contributed by atoms with van der Waals surface area (Å²) in [7, 11) is 1.51. The van der Waals surface area contributed by atoms with E-state index < -0.39 is 0 Å². The van der Waals surface area contributed by atoms with Crippen LogP contribution in [0.3, 0.4) is 0 Å². The van der Waals surface area contributed by atoms with Crippen LogP contribution in [0.2, 0.25) is 5.28 Å². The summed E-state index contributed by atoms with van der Waals surface area (Å²) >= 11 is 5.62. The molecule has 5 nitrogen and oxygen atoms in total. The lowest BCUT2D eigenvalue weighted by Gasteiger charge is -1.98. The Balaban J connectivity index is 2.80. The molecule has 0 amide bonds. The number of ether oxygens (including phenoxy) is 1. The topological polar surface area (TPSA) is 63.7 Å². The molecule has 0 saturated carbocycles. The smallest absolute Gasteiger partial charge is 0.244 e. The van der Waals surface area contributed by atoms with Gasteiger partial charge in [-0.1, -0.05) is 0 Å². The van der Waals surface area contributed by atoms with E-state index in [1.807, 2.05) is 0 Å². The fourth-order valence-electron chi connectivity index (χ4n) is 0.934. The zero-order valence-corrected chi connectivity index (χ0v) is 6.96. The number of nitrogens with one attached hydrogen (secondary N) is 1. The summed E-state index contributed by atoms with van der Waals surface area (Å²) in [6.45, 7) is 0. The maximum Gasteiger partial charge on any atom is 0.244 e. The Bertz CT molecular complexity index is 413. The fourth-order valence-corrected chi connectivity index (χ4v) is 1.10. The monoisotopic (exact) mass is 184 g/mol. The number of nitrogens with zero attached hydrogens (tertiary/aromatic N) is 3. The number of hydrogen-bond acceptors (Lipinski definition) is 4. The molecule has 6 heteroatoms. The second-order valence-electron chi connectivity index (χ2n) is 2.13. The molecule has 2 rings (SSSR count). The van der Waals surface area contributed by atoms with E-state index in [0.717, 1.165) is 0 Å². The molecule has 12 heavy (non-hydrogen) atoms. The number of fused-ring (bicyclic) bond motifs is 1. The maximum absolute atomic E-state index is 5.62. The molecule has 0 fully saturated rings. The first-order valence-electron chi connectivity index (χ1n) is 3.22. The first-order valence-corrected chi connectivity index (χ1v) is 3.59. The molecule has 0 radical (unpaired) electrons. The number of methoxy groups -OCH3 is 1. The standard InChI is InChI=1S/C6H5ClN4O/c1-12-5-4-3(2-8-11-4)9-6(7)10-5/h2H,1H3,(H,8,11). The molecule has 0 aliphatic rings. The Morgan fingerprint density at radius 2 is 2.33 bits per heavy atom. The molecule has 0 unspecified atom stereocenters. The van der Waals surface area contributed by atoms with E-state index in [1.165, 1.54) is 7.11 Å². The number of aromatic nitrogens is 4. The maximum atomic E-state index is 5.62. The van der Waals surface area contributed by atoms with Crippen molar-refractivity contribution in [1.29, 1.82) is 0 Å². The second kappa shape index (κ2) is 2.60. The van der Waals surface area contributed by atoms with Crippen molar-refractivity contribution in [2.24, 2.45) is 0 Å². The van der Waals surface area contributed by atoms with Gasteiger partial charge in [-0.3, -0.25) is 5.10 Å². The second-order valence-corrected chi connectivity index (χ2v) is 2.47. The number of hydrogen-bond donors (Lipinski definition) is 1. The zero-order chi connectivity index (χ0) is 8.55. The van der Waals surface area contributed by atoms with Crippen LogP contribution in [0.15, 0.2) is 6.20 Å². The van der Waals surface area contributed by atoms with Crippen molar-refractivity contribution in [3.8, 4) is 5.88 Å². The lowest BCUT2D eigenvalue weighted by Crippen LogP contribution is -1.91. The summed E-state index contributed by atoms with van der Waals surface area (Å²) in [5.74, 6) is 0.405. The minimum absolute atomic E-state index is 0.153. The molecule has 2 heterocycles. The third kappa shape index (κ3) is 0.984. The van der Waals surface area contributed by atoms with Crippen molar-refractivity contribution in [2.45, 2.75) is 0 Å². The van der Waals surface area contributed by atoms with Crippen LogP contribution < -0.4 is 4.74 Å². The van der Waals surface area contributed by atoms with Gasteiger partial charge in [-0.05, 0) is 11.6 Å². The minimum Gasteiger partial charge on any atom is -0.479 e. The quantitative estimate of drug-likeness (QED) is 0.672. The first-order chi connectivity index (χ1) is 5.81. The van der Waals surface area contributed by atoms with Gasteiger partial charge in [-0.25, -0.2) is 4.98 Å². The van der Waals surface area contributed by atoms with Gasteiger partial charge >= 0.3 is 0 Å². The van der Waals surface area contributed by atoms with E-state index in [0.29, 0.717) is 16.9 Å². The van der Waals surface area contributed by atoms with Gasteiger partial charge < -0.3 is 4.74 Å². The molecule has 62 valence electrons. The Labute approximate surface area is 72.7 Å². The summed E-state index contributed by atoms with van der Waals surface area (Å²) in [4.78, 5) is 7.78. The highest BCUT2D eigenvalue weighted by molar-refractivity contribution is 6.28. The minimum atomic E-state index is 0.153. The molecular formula is C6H5ClN4O. The number of H-pyrrole nitrogens is 1. The fraction of sp³-hybridized carbons (Fsp3) is 0.167. The third-order valence-corrected chi connectivity index (χ3v) is 1.60. The van der Waals surface area contributed by atoms with Crippen LogP contribution in [0.25, 0.3) is 11.0 Å². The predicted molar refractivity (Wildman–Crippen MR) is 43.2 cm³/mol. The van der Waals surface area contributed by atoms with Crippen LogP contribution in [0.1, 0.15) is 0 Å². The average molecular weight is 185 g/mol. The lowest BCUT2D eigenvalue weighted by molar-refractivity contribution is 0.401. The van der Waals surface area contributed by atoms with E-state index >= 15 is 0 Å². The molecule has 0 saturated heterocycles. The molecule has 0 aromatic carbocycles. The van der Waals surface area contributed by atoms with Crippen LogP contribution >= 0.6 is 11.6 Å². The average Bonchev–Trinajstić information content (AvgIpc) is 2.50. The van der Waals surface area contributed by atoms with Crippen molar-refractivity contribution in [3.63, 3.8) is 0 Å². The van der Waals surface area contributed by atoms with E-state index in [1.54, 1.807) is 6.20 Å². The van der Waals surface area contributed by atoms with Gasteiger partial charge in [0.1, 0.15) is 11.0 Å². The highest BCUT2D eigenvalue weighted by Gasteiger charge is 2.07.